The van der Waals surface area contributed by atoms with E-state index in [1.165, 1.54) is 36.4 Å². The summed E-state index contributed by atoms with van der Waals surface area (Å²) >= 11 is 0. The smallest absolute Gasteiger partial charge is 0.333 e. The second kappa shape index (κ2) is 10.1. The van der Waals surface area contributed by atoms with Crippen molar-refractivity contribution in [1.82, 2.24) is 19.6 Å². The molecule has 0 amide bonds. The van der Waals surface area contributed by atoms with E-state index in [2.05, 4.69) is 15.2 Å². The number of aromatic nitrogens is 4. The molecule has 0 spiro atoms. The Morgan fingerprint density at radius 3 is 2.57 bits per heavy atom. The first-order valence-corrected chi connectivity index (χ1v) is 10.5. The van der Waals surface area contributed by atoms with Gasteiger partial charge in [0.1, 0.15) is 11.4 Å². The Balaban J connectivity index is 1.79. The number of ether oxygens (including phenoxy) is 1. The summed E-state index contributed by atoms with van der Waals surface area (Å²) in [7, 11) is 1.48. The van der Waals surface area contributed by atoms with Crippen LogP contribution in [0, 0.1) is 0 Å². The molecule has 0 aliphatic heterocycles. The third-order valence-corrected chi connectivity index (χ3v) is 4.98. The Bertz CT molecular complexity index is 1450. The zero-order chi connectivity index (χ0) is 24.9. The van der Waals surface area contributed by atoms with Gasteiger partial charge in [-0.3, -0.25) is 4.79 Å². The lowest BCUT2D eigenvalue weighted by molar-refractivity contribution is 0.0566. The molecule has 0 aliphatic carbocycles. The number of para-hydroxylation sites is 1. The monoisotopic (exact) mass is 476 g/mol. The van der Waals surface area contributed by atoms with Gasteiger partial charge in [0, 0.05) is 29.7 Å². The molecule has 178 valence electrons. The van der Waals surface area contributed by atoms with Crippen LogP contribution in [0.4, 0.5) is 14.5 Å². The first-order chi connectivity index (χ1) is 16.9. The minimum Gasteiger partial charge on any atom is -0.494 e. The second-order valence-corrected chi connectivity index (χ2v) is 7.57. The van der Waals surface area contributed by atoms with Gasteiger partial charge in [0.15, 0.2) is 5.69 Å². The van der Waals surface area contributed by atoms with Gasteiger partial charge in [-0.2, -0.15) is 19.0 Å². The predicted molar refractivity (Wildman–Crippen MR) is 129 cm³/mol. The van der Waals surface area contributed by atoms with Crippen LogP contribution in [0.25, 0.3) is 16.8 Å². The lowest BCUT2D eigenvalue weighted by Crippen LogP contribution is -2.21. The van der Waals surface area contributed by atoms with Crippen molar-refractivity contribution in [3.8, 4) is 22.6 Å². The first kappa shape index (κ1) is 23.6. The number of nitrogens with two attached hydrogens (primary N) is 1. The van der Waals surface area contributed by atoms with E-state index in [1.54, 1.807) is 43.3 Å². The Labute approximate surface area is 199 Å². The lowest BCUT2D eigenvalue weighted by atomic mass is 10.1. The summed E-state index contributed by atoms with van der Waals surface area (Å²) in [6, 6.07) is 15.7. The molecule has 0 saturated carbocycles. The van der Waals surface area contributed by atoms with Gasteiger partial charge in [0.2, 0.25) is 5.43 Å². The summed E-state index contributed by atoms with van der Waals surface area (Å²) in [5, 5.41) is 8.18. The molecule has 0 fully saturated rings. The van der Waals surface area contributed by atoms with E-state index in [4.69, 9.17) is 10.5 Å². The maximum absolute atomic E-state index is 12.9. The van der Waals surface area contributed by atoms with Crippen LogP contribution in [0.3, 0.4) is 0 Å². The highest BCUT2D eigenvalue weighted by atomic mass is 19.3. The molecule has 0 radical (unpaired) electrons. The van der Waals surface area contributed by atoms with Crippen molar-refractivity contribution in [3.05, 3.63) is 101 Å². The van der Waals surface area contributed by atoms with Crippen molar-refractivity contribution in [2.45, 2.75) is 13.5 Å². The van der Waals surface area contributed by atoms with Crippen LogP contribution in [-0.4, -0.2) is 32.4 Å². The molecular formula is C25H22F2N6O2. The molecule has 10 heteroatoms. The molecule has 8 nitrogen and oxygen atoms in total. The summed E-state index contributed by atoms with van der Waals surface area (Å²) in [6.07, 6.45) is 5.70. The van der Waals surface area contributed by atoms with Crippen molar-refractivity contribution >= 4 is 11.4 Å². The van der Waals surface area contributed by atoms with Gasteiger partial charge in [-0.15, -0.1) is 0 Å². The SMILES string of the molecule is COc1cc(-c2cnn(C(F)F)c2)ccc1-n1ccc(=O)c(C(C=C(C)N)=Nc2ccccc2)n1. The standard InChI is InChI=1S/C25H22F2N6O2/c1-16(28)12-20(30-19-6-4-3-5-7-19)24-22(34)10-11-32(31-24)21-9-8-17(13-23(21)35-2)18-14-29-33(15-18)25(26)27/h3-15,25H,28H2,1-2H3. The topological polar surface area (TPSA) is 100 Å². The summed E-state index contributed by atoms with van der Waals surface area (Å²) in [5.74, 6) is 0.418. The van der Waals surface area contributed by atoms with Gasteiger partial charge in [0.25, 0.3) is 0 Å². The summed E-state index contributed by atoms with van der Waals surface area (Å²) in [6.45, 7) is -1.04. The van der Waals surface area contributed by atoms with Crippen LogP contribution in [0.1, 0.15) is 19.2 Å². The number of allylic oxidation sites excluding steroid dienone is 2. The van der Waals surface area contributed by atoms with E-state index < -0.39 is 6.55 Å². The molecule has 2 aromatic carbocycles. The molecule has 0 saturated heterocycles. The molecule has 0 unspecified atom stereocenters. The molecule has 0 aliphatic rings. The van der Waals surface area contributed by atoms with E-state index in [1.807, 2.05) is 18.2 Å². The lowest BCUT2D eigenvalue weighted by Gasteiger charge is -2.13. The number of benzene rings is 2. The molecule has 0 bridgehead atoms. The van der Waals surface area contributed by atoms with Gasteiger partial charge in [-0.05, 0) is 42.8 Å². The van der Waals surface area contributed by atoms with Crippen molar-refractivity contribution in [1.29, 1.82) is 0 Å². The van der Waals surface area contributed by atoms with Crippen LogP contribution in [0.15, 0.2) is 94.7 Å². The predicted octanol–water partition coefficient (Wildman–Crippen LogP) is 4.48. The van der Waals surface area contributed by atoms with Crippen LogP contribution in [0.2, 0.25) is 0 Å². The third-order valence-electron chi connectivity index (χ3n) is 4.98. The summed E-state index contributed by atoms with van der Waals surface area (Å²) < 4.78 is 33.4. The largest absolute Gasteiger partial charge is 0.494 e. The number of hydrogen-bond donors (Lipinski definition) is 1. The average Bonchev–Trinajstić information content (AvgIpc) is 3.35. The van der Waals surface area contributed by atoms with Gasteiger partial charge >= 0.3 is 6.55 Å². The van der Waals surface area contributed by atoms with Crippen molar-refractivity contribution in [3.63, 3.8) is 0 Å². The minimum atomic E-state index is -2.73. The Kier molecular flexibility index (Phi) is 6.81. The average molecular weight is 476 g/mol. The highest BCUT2D eigenvalue weighted by molar-refractivity contribution is 6.08. The number of nitrogens with zero attached hydrogens (tertiary/aromatic N) is 5. The van der Waals surface area contributed by atoms with E-state index in [0.717, 1.165) is 0 Å². The number of methoxy groups -OCH3 is 1. The minimum absolute atomic E-state index is 0.102. The number of rotatable bonds is 7. The maximum atomic E-state index is 12.9. The van der Waals surface area contributed by atoms with Crippen LogP contribution in [-0.2, 0) is 0 Å². The zero-order valence-electron chi connectivity index (χ0n) is 19.0. The van der Waals surface area contributed by atoms with E-state index in [0.29, 0.717) is 44.3 Å². The second-order valence-electron chi connectivity index (χ2n) is 7.57. The fourth-order valence-electron chi connectivity index (χ4n) is 3.37. The van der Waals surface area contributed by atoms with Crippen molar-refractivity contribution in [2.24, 2.45) is 10.7 Å². The van der Waals surface area contributed by atoms with Crippen molar-refractivity contribution < 1.29 is 13.5 Å². The fraction of sp³-hybridized carbons (Fsp3) is 0.120. The Morgan fingerprint density at radius 1 is 1.14 bits per heavy atom. The van der Waals surface area contributed by atoms with Crippen LogP contribution < -0.4 is 15.9 Å². The summed E-state index contributed by atoms with van der Waals surface area (Å²) in [5.41, 5.74) is 8.75. The highest BCUT2D eigenvalue weighted by Gasteiger charge is 2.15. The van der Waals surface area contributed by atoms with Gasteiger partial charge in [0.05, 0.1) is 24.7 Å². The van der Waals surface area contributed by atoms with Crippen molar-refractivity contribution in [2.75, 3.05) is 7.11 Å². The van der Waals surface area contributed by atoms with Crippen LogP contribution >= 0.6 is 0 Å². The van der Waals surface area contributed by atoms with Gasteiger partial charge in [-0.25, -0.2) is 14.4 Å². The molecule has 2 N–H and O–H groups in total. The molecule has 4 aromatic rings. The number of hydrogen-bond acceptors (Lipinski definition) is 6. The molecule has 0 atom stereocenters. The number of halogens is 2. The molecule has 35 heavy (non-hydrogen) atoms. The third kappa shape index (κ3) is 5.32. The van der Waals surface area contributed by atoms with Gasteiger partial charge < -0.3 is 10.5 Å². The summed E-state index contributed by atoms with van der Waals surface area (Å²) in [4.78, 5) is 17.3. The van der Waals surface area contributed by atoms with E-state index in [-0.39, 0.29) is 11.1 Å². The highest BCUT2D eigenvalue weighted by Crippen LogP contribution is 2.29. The molecular weight excluding hydrogens is 454 g/mol. The van der Waals surface area contributed by atoms with Gasteiger partial charge in [-0.1, -0.05) is 24.3 Å². The Morgan fingerprint density at radius 2 is 1.91 bits per heavy atom. The van der Waals surface area contributed by atoms with E-state index in [9.17, 15) is 13.6 Å². The molecule has 2 aromatic heterocycles. The quantitative estimate of drug-likeness (QED) is 0.397. The zero-order valence-corrected chi connectivity index (χ0v) is 19.0. The van der Waals surface area contributed by atoms with Crippen LogP contribution in [0.5, 0.6) is 5.75 Å². The van der Waals surface area contributed by atoms with E-state index >= 15 is 0 Å². The number of aliphatic imine (C=N–C) groups is 1. The molecule has 2 heterocycles. The first-order valence-electron chi connectivity index (χ1n) is 10.5. The maximum Gasteiger partial charge on any atom is 0.333 e. The normalized spacial score (nSPS) is 12.3. The fourth-order valence-corrected chi connectivity index (χ4v) is 3.37. The number of alkyl halides is 2. The molecule has 4 rings (SSSR count). The Hall–Kier alpha value is -4.60.